The molecule has 0 aliphatic carbocycles. The molecule has 1 atom stereocenters. The van der Waals surface area contributed by atoms with Crippen molar-refractivity contribution in [3.63, 3.8) is 0 Å². The van der Waals surface area contributed by atoms with Crippen LogP contribution in [0.4, 0.5) is 0 Å². The molecule has 19 heavy (non-hydrogen) atoms. The van der Waals surface area contributed by atoms with Gasteiger partial charge >= 0.3 is 5.97 Å². The van der Waals surface area contributed by atoms with Crippen molar-refractivity contribution < 1.29 is 23.1 Å². The van der Waals surface area contributed by atoms with Crippen molar-refractivity contribution in [2.45, 2.75) is 24.2 Å². The molecule has 0 amide bonds. The molecule has 1 fully saturated rings. The summed E-state index contributed by atoms with van der Waals surface area (Å²) in [4.78, 5) is 11.8. The third kappa shape index (κ3) is 2.81. The zero-order chi connectivity index (χ0) is 14.2. The van der Waals surface area contributed by atoms with Crippen LogP contribution in [0.3, 0.4) is 0 Å². The molecule has 1 saturated heterocycles. The lowest BCUT2D eigenvalue weighted by atomic mass is 10.3. The van der Waals surface area contributed by atoms with Crippen LogP contribution < -0.4 is 0 Å². The fourth-order valence-corrected chi connectivity index (χ4v) is 5.21. The van der Waals surface area contributed by atoms with E-state index in [-0.39, 0.29) is 23.9 Å². The summed E-state index contributed by atoms with van der Waals surface area (Å²) in [6, 6.07) is 1.81. The SMILES string of the molecule is Cc1cc(C)c(S(=O)(=O)N2CCOC(C(=O)O)C2)s1. The van der Waals surface area contributed by atoms with Gasteiger partial charge in [0.05, 0.1) is 13.2 Å². The summed E-state index contributed by atoms with van der Waals surface area (Å²) in [5, 5.41) is 8.91. The van der Waals surface area contributed by atoms with Crippen molar-refractivity contribution in [2.75, 3.05) is 19.7 Å². The molecule has 1 aromatic rings. The number of aryl methyl sites for hydroxylation is 2. The molecule has 106 valence electrons. The average Bonchev–Trinajstić information content (AvgIpc) is 2.69. The fraction of sp³-hybridized carbons (Fsp3) is 0.545. The van der Waals surface area contributed by atoms with Gasteiger partial charge in [-0.1, -0.05) is 0 Å². The highest BCUT2D eigenvalue weighted by molar-refractivity contribution is 7.91. The van der Waals surface area contributed by atoms with Crippen molar-refractivity contribution in [3.8, 4) is 0 Å². The second-order valence-electron chi connectivity index (χ2n) is 4.39. The number of carbonyl (C=O) groups is 1. The fourth-order valence-electron chi connectivity index (χ4n) is 1.99. The molecule has 1 aliphatic rings. The van der Waals surface area contributed by atoms with Crippen LogP contribution in [0.15, 0.2) is 10.3 Å². The van der Waals surface area contributed by atoms with Gasteiger partial charge in [0.15, 0.2) is 6.10 Å². The van der Waals surface area contributed by atoms with Gasteiger partial charge in [0, 0.05) is 11.4 Å². The molecule has 6 nitrogen and oxygen atoms in total. The van der Waals surface area contributed by atoms with Crippen LogP contribution in [-0.2, 0) is 19.6 Å². The lowest BCUT2D eigenvalue weighted by molar-refractivity contribution is -0.153. The smallest absolute Gasteiger partial charge is 0.334 e. The third-order valence-electron chi connectivity index (χ3n) is 2.87. The van der Waals surface area contributed by atoms with E-state index in [1.54, 1.807) is 6.92 Å². The van der Waals surface area contributed by atoms with Crippen molar-refractivity contribution in [1.82, 2.24) is 4.31 Å². The molecule has 2 heterocycles. The molecule has 0 radical (unpaired) electrons. The summed E-state index contributed by atoms with van der Waals surface area (Å²) in [7, 11) is -3.63. The molecule has 1 aliphatic heterocycles. The van der Waals surface area contributed by atoms with Crippen molar-refractivity contribution in [1.29, 1.82) is 0 Å². The minimum atomic E-state index is -3.63. The Morgan fingerprint density at radius 3 is 2.74 bits per heavy atom. The van der Waals surface area contributed by atoms with Gasteiger partial charge in [-0.2, -0.15) is 4.31 Å². The van der Waals surface area contributed by atoms with Gasteiger partial charge in [-0.25, -0.2) is 13.2 Å². The number of thiophene rings is 1. The van der Waals surface area contributed by atoms with Crippen LogP contribution in [-0.4, -0.2) is 49.6 Å². The molecule has 2 rings (SSSR count). The van der Waals surface area contributed by atoms with E-state index in [1.165, 1.54) is 15.6 Å². The number of sulfonamides is 1. The van der Waals surface area contributed by atoms with E-state index < -0.39 is 22.1 Å². The Morgan fingerprint density at radius 2 is 2.21 bits per heavy atom. The van der Waals surface area contributed by atoms with Crippen molar-refractivity contribution in [3.05, 3.63) is 16.5 Å². The molecular formula is C11H15NO5S2. The Kier molecular flexibility index (Phi) is 3.95. The van der Waals surface area contributed by atoms with Gasteiger partial charge in [0.25, 0.3) is 10.0 Å². The molecule has 0 spiro atoms. The summed E-state index contributed by atoms with van der Waals surface area (Å²) in [5.41, 5.74) is 0.695. The van der Waals surface area contributed by atoms with Gasteiger partial charge in [0.2, 0.25) is 0 Å². The Hall–Kier alpha value is -0.960. The predicted molar refractivity (Wildman–Crippen MR) is 69.9 cm³/mol. The van der Waals surface area contributed by atoms with E-state index in [2.05, 4.69) is 0 Å². The third-order valence-corrected chi connectivity index (χ3v) is 6.51. The van der Waals surface area contributed by atoms with Gasteiger partial charge in [-0.3, -0.25) is 0 Å². The highest BCUT2D eigenvalue weighted by Gasteiger charge is 2.35. The van der Waals surface area contributed by atoms with E-state index in [1.807, 2.05) is 13.0 Å². The molecule has 0 saturated carbocycles. The summed E-state index contributed by atoms with van der Waals surface area (Å²) >= 11 is 1.21. The molecule has 0 aromatic carbocycles. The summed E-state index contributed by atoms with van der Waals surface area (Å²) in [5.74, 6) is -1.14. The molecule has 1 unspecified atom stereocenters. The zero-order valence-electron chi connectivity index (χ0n) is 10.6. The number of nitrogens with zero attached hydrogens (tertiary/aromatic N) is 1. The lowest BCUT2D eigenvalue weighted by Crippen LogP contribution is -2.48. The first kappa shape index (κ1) is 14.4. The van der Waals surface area contributed by atoms with E-state index in [9.17, 15) is 13.2 Å². The molecule has 1 aromatic heterocycles. The number of hydrogen-bond acceptors (Lipinski definition) is 5. The van der Waals surface area contributed by atoms with E-state index in [0.29, 0.717) is 5.56 Å². The maximum atomic E-state index is 12.5. The van der Waals surface area contributed by atoms with Crippen LogP contribution in [0.1, 0.15) is 10.4 Å². The van der Waals surface area contributed by atoms with Crippen molar-refractivity contribution in [2.24, 2.45) is 0 Å². The first-order chi connectivity index (χ1) is 8.82. The van der Waals surface area contributed by atoms with E-state index >= 15 is 0 Å². The Labute approximate surface area is 115 Å². The molecule has 8 heteroatoms. The standard InChI is InChI=1S/C11H15NO5S2/c1-7-5-8(2)18-11(7)19(15,16)12-3-4-17-9(6-12)10(13)14/h5,9H,3-4,6H2,1-2H3,(H,13,14). The normalized spacial score (nSPS) is 21.5. The van der Waals surface area contributed by atoms with Gasteiger partial charge < -0.3 is 9.84 Å². The maximum Gasteiger partial charge on any atom is 0.334 e. The predicted octanol–water partition coefficient (Wildman–Crippen LogP) is 0.839. The molecule has 0 bridgehead atoms. The second kappa shape index (κ2) is 5.20. The number of carboxylic acids is 1. The maximum absolute atomic E-state index is 12.5. The first-order valence-corrected chi connectivity index (χ1v) is 7.99. The largest absolute Gasteiger partial charge is 0.479 e. The topological polar surface area (TPSA) is 83.9 Å². The van der Waals surface area contributed by atoms with Gasteiger partial charge in [0.1, 0.15) is 4.21 Å². The monoisotopic (exact) mass is 305 g/mol. The van der Waals surface area contributed by atoms with Gasteiger partial charge in [-0.15, -0.1) is 11.3 Å². The van der Waals surface area contributed by atoms with E-state index in [0.717, 1.165) is 4.88 Å². The number of hydrogen-bond donors (Lipinski definition) is 1. The van der Waals surface area contributed by atoms with Crippen LogP contribution in [0.25, 0.3) is 0 Å². The van der Waals surface area contributed by atoms with Crippen LogP contribution in [0.5, 0.6) is 0 Å². The highest BCUT2D eigenvalue weighted by atomic mass is 32.2. The number of carboxylic acid groups (broad SMARTS) is 1. The molecule has 1 N–H and O–H groups in total. The highest BCUT2D eigenvalue weighted by Crippen LogP contribution is 2.29. The molecular weight excluding hydrogens is 290 g/mol. The number of rotatable bonds is 3. The lowest BCUT2D eigenvalue weighted by Gasteiger charge is -2.29. The van der Waals surface area contributed by atoms with Crippen LogP contribution in [0, 0.1) is 13.8 Å². The number of ether oxygens (including phenoxy) is 1. The van der Waals surface area contributed by atoms with Gasteiger partial charge in [-0.05, 0) is 25.5 Å². The summed E-state index contributed by atoms with van der Waals surface area (Å²) < 4.78 is 31.5. The summed E-state index contributed by atoms with van der Waals surface area (Å²) in [6.07, 6.45) is -1.09. The number of aliphatic carboxylic acids is 1. The minimum Gasteiger partial charge on any atom is -0.479 e. The number of morpholine rings is 1. The first-order valence-electron chi connectivity index (χ1n) is 5.74. The Morgan fingerprint density at radius 1 is 1.53 bits per heavy atom. The minimum absolute atomic E-state index is 0.0968. The Balaban J connectivity index is 2.29. The quantitative estimate of drug-likeness (QED) is 0.894. The van der Waals surface area contributed by atoms with Crippen molar-refractivity contribution >= 4 is 27.3 Å². The average molecular weight is 305 g/mol. The van der Waals surface area contributed by atoms with Crippen LogP contribution in [0.2, 0.25) is 0 Å². The summed E-state index contributed by atoms with van der Waals surface area (Å²) in [6.45, 7) is 3.72. The Bertz CT molecular complexity index is 592. The second-order valence-corrected chi connectivity index (χ2v) is 7.78. The zero-order valence-corrected chi connectivity index (χ0v) is 12.3. The van der Waals surface area contributed by atoms with Crippen LogP contribution >= 0.6 is 11.3 Å². The van der Waals surface area contributed by atoms with E-state index in [4.69, 9.17) is 9.84 Å².